The van der Waals surface area contributed by atoms with Crippen LogP contribution in [0.1, 0.15) is 0 Å². The molecule has 0 bridgehead atoms. The lowest BCUT2D eigenvalue weighted by Gasteiger charge is -1.97. The maximum Gasteiger partial charge on any atom is 0.170 e. The van der Waals surface area contributed by atoms with Crippen LogP contribution >= 0.6 is 15.9 Å². The first-order valence-corrected chi connectivity index (χ1v) is 2.73. The van der Waals surface area contributed by atoms with Crippen molar-refractivity contribution in [1.82, 2.24) is 5.32 Å². The van der Waals surface area contributed by atoms with Crippen molar-refractivity contribution in [2.24, 2.45) is 4.99 Å². The minimum Gasteiger partial charge on any atom is -0.363 e. The first-order chi connectivity index (χ1) is 3.39. The van der Waals surface area contributed by atoms with Crippen LogP contribution in [0, 0.1) is 0 Å². The van der Waals surface area contributed by atoms with Crippen LogP contribution in [-0.2, 0) is 0 Å². The summed E-state index contributed by atoms with van der Waals surface area (Å²) in [7, 11) is 0. The van der Waals surface area contributed by atoms with Gasteiger partial charge >= 0.3 is 0 Å². The van der Waals surface area contributed by atoms with E-state index >= 15 is 0 Å². The van der Waals surface area contributed by atoms with Crippen LogP contribution in [0.3, 0.4) is 0 Å². The predicted molar refractivity (Wildman–Crippen MR) is 32.4 cm³/mol. The number of hydrogen-bond acceptors (Lipinski definition) is 2. The molecule has 0 fully saturated rings. The summed E-state index contributed by atoms with van der Waals surface area (Å²) in [6.07, 6.45) is 4.52. The van der Waals surface area contributed by atoms with Crippen LogP contribution in [-0.4, -0.2) is 12.9 Å². The van der Waals surface area contributed by atoms with Gasteiger partial charge in [-0.3, -0.25) is 0 Å². The molecule has 0 aromatic carbocycles. The molecular formula is C4H4BrN2. The third-order valence-electron chi connectivity index (χ3n) is 0.614. The average Bonchev–Trinajstić information content (AvgIpc) is 1.69. The summed E-state index contributed by atoms with van der Waals surface area (Å²) in [5, 5.41) is 2.79. The molecule has 1 aliphatic heterocycles. The molecular weight excluding hydrogens is 156 g/mol. The summed E-state index contributed by atoms with van der Waals surface area (Å²) >= 11 is 3.18. The maximum absolute atomic E-state index is 3.75. The molecule has 0 saturated heterocycles. The molecule has 0 unspecified atom stereocenters. The van der Waals surface area contributed by atoms with Gasteiger partial charge in [0.1, 0.15) is 4.61 Å². The standard InChI is InChI=1S/C4H4BrN2/c5-4-1-2-6-3-7-4/h1H,2H2,(H,6,7). The molecule has 1 radical (unpaired) electrons. The Morgan fingerprint density at radius 3 is 3.14 bits per heavy atom. The lowest BCUT2D eigenvalue weighted by atomic mass is 10.6. The second-order valence-electron chi connectivity index (χ2n) is 1.13. The van der Waals surface area contributed by atoms with Gasteiger partial charge in [0.05, 0.1) is 0 Å². The lowest BCUT2D eigenvalue weighted by molar-refractivity contribution is 1.04. The third kappa shape index (κ3) is 1.31. The highest BCUT2D eigenvalue weighted by Gasteiger charge is 1.88. The molecule has 2 nitrogen and oxygen atoms in total. The smallest absolute Gasteiger partial charge is 0.170 e. The normalized spacial score (nSPS) is 18.1. The van der Waals surface area contributed by atoms with Crippen LogP contribution < -0.4 is 5.32 Å². The van der Waals surface area contributed by atoms with E-state index in [0.29, 0.717) is 0 Å². The van der Waals surface area contributed by atoms with E-state index in [1.807, 2.05) is 6.08 Å². The molecule has 1 N–H and O–H groups in total. The third-order valence-corrected chi connectivity index (χ3v) is 1.12. The fraction of sp³-hybridized carbons (Fsp3) is 0.250. The molecule has 1 rings (SSSR count). The van der Waals surface area contributed by atoms with Crippen LogP contribution in [0.5, 0.6) is 0 Å². The zero-order chi connectivity index (χ0) is 5.11. The molecule has 0 aromatic rings. The SMILES string of the molecule is BrC1=CCN[C]=N1. The summed E-state index contributed by atoms with van der Waals surface area (Å²) in [6, 6.07) is 0. The van der Waals surface area contributed by atoms with E-state index in [0.717, 1.165) is 11.2 Å². The van der Waals surface area contributed by atoms with E-state index in [9.17, 15) is 0 Å². The molecule has 37 valence electrons. The van der Waals surface area contributed by atoms with Crippen molar-refractivity contribution in [3.63, 3.8) is 0 Å². The highest BCUT2D eigenvalue weighted by atomic mass is 79.9. The number of nitrogens with zero attached hydrogens (tertiary/aromatic N) is 1. The molecule has 1 heterocycles. The van der Waals surface area contributed by atoms with E-state index in [1.165, 1.54) is 0 Å². The Hall–Kier alpha value is -0.310. The van der Waals surface area contributed by atoms with Crippen molar-refractivity contribution in [1.29, 1.82) is 0 Å². The first-order valence-electron chi connectivity index (χ1n) is 1.94. The maximum atomic E-state index is 3.75. The monoisotopic (exact) mass is 159 g/mol. The fourth-order valence-corrected chi connectivity index (χ4v) is 0.570. The molecule has 0 aliphatic carbocycles. The Bertz CT molecular complexity index is 117. The van der Waals surface area contributed by atoms with Crippen molar-refractivity contribution in [3.05, 3.63) is 10.7 Å². The van der Waals surface area contributed by atoms with E-state index in [1.54, 1.807) is 0 Å². The summed E-state index contributed by atoms with van der Waals surface area (Å²) in [5.41, 5.74) is 0. The molecule has 0 atom stereocenters. The minimum absolute atomic E-state index is 0.823. The van der Waals surface area contributed by atoms with E-state index < -0.39 is 0 Å². The summed E-state index contributed by atoms with van der Waals surface area (Å²) < 4.78 is 0.853. The summed E-state index contributed by atoms with van der Waals surface area (Å²) in [5.74, 6) is 0. The van der Waals surface area contributed by atoms with Crippen LogP contribution in [0.15, 0.2) is 15.7 Å². The Morgan fingerprint density at radius 1 is 2.00 bits per heavy atom. The number of halogens is 1. The Kier molecular flexibility index (Phi) is 1.46. The second kappa shape index (κ2) is 2.12. The molecule has 1 aliphatic rings. The van der Waals surface area contributed by atoms with Gasteiger partial charge < -0.3 is 5.32 Å². The Labute approximate surface area is 50.5 Å². The van der Waals surface area contributed by atoms with Gasteiger partial charge in [-0.25, -0.2) is 4.99 Å². The van der Waals surface area contributed by atoms with Crippen LogP contribution in [0.4, 0.5) is 0 Å². The number of aliphatic imine (C=N–C) groups is 1. The minimum atomic E-state index is 0.823. The number of nitrogens with one attached hydrogen (secondary N) is 1. The Morgan fingerprint density at radius 2 is 2.86 bits per heavy atom. The number of hydrogen-bond donors (Lipinski definition) is 1. The lowest BCUT2D eigenvalue weighted by Crippen LogP contribution is -2.13. The topological polar surface area (TPSA) is 24.4 Å². The number of rotatable bonds is 0. The van der Waals surface area contributed by atoms with Crippen molar-refractivity contribution in [2.75, 3.05) is 6.54 Å². The van der Waals surface area contributed by atoms with Crippen molar-refractivity contribution in [2.45, 2.75) is 0 Å². The van der Waals surface area contributed by atoms with Gasteiger partial charge in [-0.1, -0.05) is 0 Å². The fourth-order valence-electron chi connectivity index (χ4n) is 0.319. The van der Waals surface area contributed by atoms with E-state index in [4.69, 9.17) is 0 Å². The zero-order valence-corrected chi connectivity index (χ0v) is 5.20. The molecule has 7 heavy (non-hydrogen) atoms. The largest absolute Gasteiger partial charge is 0.363 e. The second-order valence-corrected chi connectivity index (χ2v) is 1.94. The van der Waals surface area contributed by atoms with Gasteiger partial charge in [-0.05, 0) is 22.0 Å². The van der Waals surface area contributed by atoms with Crippen molar-refractivity contribution in [3.8, 4) is 0 Å². The van der Waals surface area contributed by atoms with Crippen molar-refractivity contribution < 1.29 is 0 Å². The zero-order valence-electron chi connectivity index (χ0n) is 3.61. The Balaban J connectivity index is 2.58. The first kappa shape index (κ1) is 4.84. The highest BCUT2D eigenvalue weighted by Crippen LogP contribution is 2.05. The van der Waals surface area contributed by atoms with E-state index in [-0.39, 0.29) is 0 Å². The van der Waals surface area contributed by atoms with Gasteiger partial charge in [-0.15, -0.1) is 0 Å². The van der Waals surface area contributed by atoms with Gasteiger partial charge in [0.25, 0.3) is 0 Å². The van der Waals surface area contributed by atoms with Crippen LogP contribution in [0.2, 0.25) is 0 Å². The highest BCUT2D eigenvalue weighted by molar-refractivity contribution is 9.11. The average molecular weight is 160 g/mol. The van der Waals surface area contributed by atoms with E-state index in [2.05, 4.69) is 32.6 Å². The van der Waals surface area contributed by atoms with Crippen molar-refractivity contribution >= 4 is 22.3 Å². The molecule has 0 aromatic heterocycles. The van der Waals surface area contributed by atoms with Gasteiger partial charge in [0.15, 0.2) is 6.34 Å². The van der Waals surface area contributed by atoms with Gasteiger partial charge in [0, 0.05) is 6.54 Å². The molecule has 0 saturated carbocycles. The molecule has 0 spiro atoms. The summed E-state index contributed by atoms with van der Waals surface area (Å²) in [4.78, 5) is 3.75. The predicted octanol–water partition coefficient (Wildman–Crippen LogP) is 0.731. The summed E-state index contributed by atoms with van der Waals surface area (Å²) in [6.45, 7) is 0.823. The molecule has 3 heteroatoms. The van der Waals surface area contributed by atoms with Gasteiger partial charge in [-0.2, -0.15) is 0 Å². The van der Waals surface area contributed by atoms with Gasteiger partial charge in [0.2, 0.25) is 0 Å². The molecule has 0 amide bonds. The van der Waals surface area contributed by atoms with Crippen LogP contribution in [0.25, 0.3) is 0 Å². The quantitative estimate of drug-likeness (QED) is 0.519.